The number of hydrogen-bond donors (Lipinski definition) is 1. The molecule has 2 aromatic rings. The molecule has 0 spiro atoms. The fourth-order valence-electron chi connectivity index (χ4n) is 4.22. The normalized spacial score (nSPS) is 19.5. The largest absolute Gasteiger partial charge is 0.355 e. The highest BCUT2D eigenvalue weighted by Gasteiger charge is 2.39. The van der Waals surface area contributed by atoms with Gasteiger partial charge in [0.25, 0.3) is 0 Å². The van der Waals surface area contributed by atoms with Gasteiger partial charge in [0.2, 0.25) is 5.91 Å². The molecular weight excluding hydrogens is 352 g/mol. The van der Waals surface area contributed by atoms with E-state index in [1.54, 1.807) is 22.8 Å². The number of carbonyl (C=O) groups is 1. The number of hydrogen-bond acceptors (Lipinski definition) is 3. The molecule has 28 heavy (non-hydrogen) atoms. The Morgan fingerprint density at radius 2 is 2.04 bits per heavy atom. The second-order valence-corrected chi connectivity index (χ2v) is 7.74. The average molecular weight is 380 g/mol. The van der Waals surface area contributed by atoms with Gasteiger partial charge in [0, 0.05) is 45.3 Å². The second kappa shape index (κ2) is 7.66. The maximum absolute atomic E-state index is 12.7. The van der Waals surface area contributed by atoms with Crippen molar-refractivity contribution in [3.05, 3.63) is 48.3 Å². The molecular formula is C21H28N6O. The van der Waals surface area contributed by atoms with Crippen molar-refractivity contribution in [2.24, 2.45) is 12.0 Å². The number of aryl methyl sites for hydroxylation is 1. The van der Waals surface area contributed by atoms with Gasteiger partial charge < -0.3 is 15.1 Å². The number of aromatic nitrogens is 2. The summed E-state index contributed by atoms with van der Waals surface area (Å²) in [6.07, 6.45) is 7.25. The topological polar surface area (TPSA) is 65.8 Å². The molecule has 1 aromatic carbocycles. The van der Waals surface area contributed by atoms with Gasteiger partial charge in [0.05, 0.1) is 11.9 Å². The molecule has 2 heterocycles. The van der Waals surface area contributed by atoms with E-state index in [0.29, 0.717) is 13.1 Å². The zero-order valence-electron chi connectivity index (χ0n) is 16.6. The lowest BCUT2D eigenvalue weighted by molar-refractivity contribution is -0.120. The van der Waals surface area contributed by atoms with E-state index in [1.165, 1.54) is 24.8 Å². The predicted molar refractivity (Wildman–Crippen MR) is 110 cm³/mol. The highest BCUT2D eigenvalue weighted by atomic mass is 16.2. The molecule has 1 N–H and O–H groups in total. The van der Waals surface area contributed by atoms with Crippen molar-refractivity contribution >= 4 is 17.6 Å². The Morgan fingerprint density at radius 1 is 1.25 bits per heavy atom. The summed E-state index contributed by atoms with van der Waals surface area (Å²) < 4.78 is 1.72. The molecule has 1 aliphatic carbocycles. The third-order valence-electron chi connectivity index (χ3n) is 6.02. The van der Waals surface area contributed by atoms with Gasteiger partial charge in [-0.3, -0.25) is 14.5 Å². The first-order valence-electron chi connectivity index (χ1n) is 9.91. The van der Waals surface area contributed by atoms with Crippen molar-refractivity contribution in [1.82, 2.24) is 20.0 Å². The molecule has 4 rings (SSSR count). The van der Waals surface area contributed by atoms with Gasteiger partial charge in [-0.2, -0.15) is 5.10 Å². The highest BCUT2D eigenvalue weighted by Crippen LogP contribution is 2.43. The molecule has 148 valence electrons. The fourth-order valence-corrected chi connectivity index (χ4v) is 4.22. The van der Waals surface area contributed by atoms with E-state index >= 15 is 0 Å². The number of rotatable bonds is 4. The molecule has 1 amide bonds. The van der Waals surface area contributed by atoms with Crippen LogP contribution in [-0.4, -0.2) is 59.8 Å². The summed E-state index contributed by atoms with van der Waals surface area (Å²) in [5, 5.41) is 7.72. The average Bonchev–Trinajstić information content (AvgIpc) is 3.11. The zero-order valence-corrected chi connectivity index (χ0v) is 16.6. The minimum Gasteiger partial charge on any atom is -0.355 e. The van der Waals surface area contributed by atoms with Crippen molar-refractivity contribution < 1.29 is 4.79 Å². The Labute approximate surface area is 166 Å². The van der Waals surface area contributed by atoms with Gasteiger partial charge in [-0.1, -0.05) is 36.8 Å². The number of carbonyl (C=O) groups excluding carboxylic acids is 1. The number of nitrogens with zero attached hydrogens (tertiary/aromatic N) is 5. The van der Waals surface area contributed by atoms with Crippen LogP contribution in [0.4, 0.5) is 5.69 Å². The van der Waals surface area contributed by atoms with E-state index in [2.05, 4.69) is 45.7 Å². The van der Waals surface area contributed by atoms with Crippen LogP contribution in [0.25, 0.3) is 0 Å². The van der Waals surface area contributed by atoms with Crippen LogP contribution in [0.5, 0.6) is 0 Å². The third kappa shape index (κ3) is 3.48. The van der Waals surface area contributed by atoms with E-state index in [1.807, 2.05) is 18.1 Å². The highest BCUT2D eigenvalue weighted by molar-refractivity contribution is 5.98. The van der Waals surface area contributed by atoms with Crippen molar-refractivity contribution in [1.29, 1.82) is 0 Å². The minimum atomic E-state index is 0.0728. The van der Waals surface area contributed by atoms with Crippen molar-refractivity contribution in [3.63, 3.8) is 0 Å². The van der Waals surface area contributed by atoms with E-state index in [4.69, 9.17) is 0 Å². The Kier molecular flexibility index (Phi) is 5.07. The smallest absolute Gasteiger partial charge is 0.246 e. The molecule has 1 aromatic heterocycles. The number of guanidine groups is 1. The van der Waals surface area contributed by atoms with Crippen LogP contribution in [0.15, 0.2) is 47.7 Å². The maximum atomic E-state index is 12.7. The lowest BCUT2D eigenvalue weighted by Crippen LogP contribution is -2.57. The molecule has 0 atom stereocenters. The molecule has 1 saturated heterocycles. The lowest BCUT2D eigenvalue weighted by Gasteiger charge is -2.44. The molecule has 1 aliphatic heterocycles. The van der Waals surface area contributed by atoms with Crippen LogP contribution >= 0.6 is 0 Å². The molecule has 7 nitrogen and oxygen atoms in total. The van der Waals surface area contributed by atoms with Gasteiger partial charge in [-0.05, 0) is 18.4 Å². The van der Waals surface area contributed by atoms with Gasteiger partial charge >= 0.3 is 0 Å². The van der Waals surface area contributed by atoms with Crippen LogP contribution in [0.1, 0.15) is 24.8 Å². The Balaban J connectivity index is 1.39. The molecule has 0 radical (unpaired) electrons. The summed E-state index contributed by atoms with van der Waals surface area (Å²) in [7, 11) is 3.65. The summed E-state index contributed by atoms with van der Waals surface area (Å²) in [5.41, 5.74) is 2.42. The van der Waals surface area contributed by atoms with E-state index < -0.39 is 0 Å². The van der Waals surface area contributed by atoms with Crippen LogP contribution in [0.2, 0.25) is 0 Å². The first-order chi connectivity index (χ1) is 13.6. The zero-order chi connectivity index (χ0) is 19.6. The number of benzene rings is 1. The van der Waals surface area contributed by atoms with Crippen LogP contribution in [-0.2, 0) is 17.3 Å². The van der Waals surface area contributed by atoms with Crippen LogP contribution < -0.4 is 10.2 Å². The summed E-state index contributed by atoms with van der Waals surface area (Å²) in [4.78, 5) is 21.0. The Bertz CT molecular complexity index is 855. The van der Waals surface area contributed by atoms with Gasteiger partial charge in [-0.15, -0.1) is 0 Å². The van der Waals surface area contributed by atoms with Crippen LogP contribution in [0.3, 0.4) is 0 Å². The standard InChI is InChI=1S/C21H28N6O/c1-22-20(23-16-21(9-6-10-21)17-7-4-3-5-8-17)26-11-12-27(19(28)15-26)18-13-24-25(2)14-18/h3-5,7-8,13-14H,6,9-12,15-16H2,1-2H3,(H,22,23). The van der Waals surface area contributed by atoms with Gasteiger partial charge in [0.1, 0.15) is 6.54 Å². The molecule has 0 bridgehead atoms. The first kappa shape index (κ1) is 18.5. The van der Waals surface area contributed by atoms with Gasteiger partial charge in [-0.25, -0.2) is 0 Å². The van der Waals surface area contributed by atoms with Gasteiger partial charge in [0.15, 0.2) is 5.96 Å². The SMILES string of the molecule is CN=C(NCC1(c2ccccc2)CCC1)N1CCN(c2cnn(C)c2)C(=O)C1. The first-order valence-corrected chi connectivity index (χ1v) is 9.91. The second-order valence-electron chi connectivity index (χ2n) is 7.74. The van der Waals surface area contributed by atoms with Crippen molar-refractivity contribution in [2.45, 2.75) is 24.7 Å². The summed E-state index contributed by atoms with van der Waals surface area (Å²) >= 11 is 0. The minimum absolute atomic E-state index is 0.0728. The fraction of sp³-hybridized carbons (Fsp3) is 0.476. The molecule has 2 fully saturated rings. The summed E-state index contributed by atoms with van der Waals surface area (Å²) in [5.74, 6) is 0.880. The molecule has 1 saturated carbocycles. The van der Waals surface area contributed by atoms with E-state index in [9.17, 15) is 4.79 Å². The number of nitrogens with one attached hydrogen (secondary N) is 1. The van der Waals surface area contributed by atoms with Crippen molar-refractivity contribution in [2.75, 3.05) is 38.1 Å². The van der Waals surface area contributed by atoms with Crippen LogP contribution in [0, 0.1) is 0 Å². The van der Waals surface area contributed by atoms with E-state index in [-0.39, 0.29) is 11.3 Å². The van der Waals surface area contributed by atoms with Crippen molar-refractivity contribution in [3.8, 4) is 0 Å². The Hall–Kier alpha value is -2.83. The Morgan fingerprint density at radius 3 is 2.61 bits per heavy atom. The monoisotopic (exact) mass is 380 g/mol. The number of piperazine rings is 1. The number of amides is 1. The third-order valence-corrected chi connectivity index (χ3v) is 6.02. The number of aliphatic imine (C=N–C) groups is 1. The summed E-state index contributed by atoms with van der Waals surface area (Å²) in [6, 6.07) is 10.7. The molecule has 0 unspecified atom stereocenters. The predicted octanol–water partition coefficient (Wildman–Crippen LogP) is 1.77. The maximum Gasteiger partial charge on any atom is 0.246 e. The quantitative estimate of drug-likeness (QED) is 0.649. The van der Waals surface area contributed by atoms with E-state index in [0.717, 1.165) is 24.7 Å². The lowest BCUT2D eigenvalue weighted by atomic mass is 9.64. The molecule has 7 heteroatoms. The number of anilines is 1. The molecule has 2 aliphatic rings. The summed E-state index contributed by atoms with van der Waals surface area (Å²) in [6.45, 7) is 2.56.